The van der Waals surface area contributed by atoms with Crippen LogP contribution in [0.15, 0.2) is 34.9 Å². The largest absolute Gasteiger partial charge is 0.486 e. The first-order valence-electron chi connectivity index (χ1n) is 6.90. The standard InChI is InChI=1S/C16H19NO3/c1-11-5-6-18-16(11)10-17-12(2)13-3-4-14-15(9-13)20-8-7-19-14/h3-6,9,12,17H,7-8,10H2,1-2H3. The van der Waals surface area contributed by atoms with Gasteiger partial charge < -0.3 is 19.2 Å². The second kappa shape index (κ2) is 5.59. The van der Waals surface area contributed by atoms with Crippen LogP contribution in [0.4, 0.5) is 0 Å². The lowest BCUT2D eigenvalue weighted by Gasteiger charge is -2.21. The van der Waals surface area contributed by atoms with E-state index in [-0.39, 0.29) is 6.04 Å². The van der Waals surface area contributed by atoms with Gasteiger partial charge in [-0.15, -0.1) is 0 Å². The van der Waals surface area contributed by atoms with Crippen LogP contribution < -0.4 is 14.8 Å². The molecule has 3 rings (SSSR count). The van der Waals surface area contributed by atoms with Crippen LogP contribution in [0.25, 0.3) is 0 Å². The minimum absolute atomic E-state index is 0.218. The highest BCUT2D eigenvalue weighted by molar-refractivity contribution is 5.44. The molecule has 1 aliphatic rings. The molecule has 0 saturated heterocycles. The van der Waals surface area contributed by atoms with E-state index in [0.717, 1.165) is 17.3 Å². The van der Waals surface area contributed by atoms with Gasteiger partial charge in [0.25, 0.3) is 0 Å². The Bertz CT molecular complexity index is 591. The van der Waals surface area contributed by atoms with Crippen molar-refractivity contribution in [2.45, 2.75) is 26.4 Å². The molecule has 1 atom stereocenters. The van der Waals surface area contributed by atoms with Crippen molar-refractivity contribution < 1.29 is 13.9 Å². The van der Waals surface area contributed by atoms with Crippen molar-refractivity contribution in [3.8, 4) is 11.5 Å². The maximum atomic E-state index is 5.61. The summed E-state index contributed by atoms with van der Waals surface area (Å²) in [4.78, 5) is 0. The van der Waals surface area contributed by atoms with Crippen LogP contribution in [0.1, 0.15) is 29.9 Å². The molecule has 1 N–H and O–H groups in total. The van der Waals surface area contributed by atoms with Crippen LogP contribution in [0.2, 0.25) is 0 Å². The average Bonchev–Trinajstić information content (AvgIpc) is 2.89. The molecular weight excluding hydrogens is 254 g/mol. The van der Waals surface area contributed by atoms with E-state index in [0.29, 0.717) is 19.8 Å². The number of aryl methyl sites for hydroxylation is 1. The van der Waals surface area contributed by atoms with Gasteiger partial charge in [-0.05, 0) is 43.2 Å². The predicted molar refractivity (Wildman–Crippen MR) is 76.1 cm³/mol. The highest BCUT2D eigenvalue weighted by Gasteiger charge is 2.14. The zero-order valence-corrected chi connectivity index (χ0v) is 11.8. The van der Waals surface area contributed by atoms with Gasteiger partial charge in [0.2, 0.25) is 0 Å². The first-order valence-corrected chi connectivity index (χ1v) is 6.90. The number of rotatable bonds is 4. The molecule has 2 heterocycles. The van der Waals surface area contributed by atoms with E-state index in [1.54, 1.807) is 6.26 Å². The summed E-state index contributed by atoms with van der Waals surface area (Å²) < 4.78 is 16.6. The average molecular weight is 273 g/mol. The molecule has 0 fully saturated rings. The summed E-state index contributed by atoms with van der Waals surface area (Å²) in [6.07, 6.45) is 1.72. The molecule has 1 aliphatic heterocycles. The summed E-state index contributed by atoms with van der Waals surface area (Å²) >= 11 is 0. The fourth-order valence-corrected chi connectivity index (χ4v) is 2.28. The maximum absolute atomic E-state index is 5.61. The van der Waals surface area contributed by atoms with Gasteiger partial charge in [-0.1, -0.05) is 6.07 Å². The molecule has 0 radical (unpaired) electrons. The predicted octanol–water partition coefficient (Wildman–Crippen LogP) is 3.21. The van der Waals surface area contributed by atoms with E-state index in [4.69, 9.17) is 13.9 Å². The molecule has 1 aromatic carbocycles. The molecule has 4 heteroatoms. The number of benzene rings is 1. The molecule has 0 spiro atoms. The Balaban J connectivity index is 1.67. The van der Waals surface area contributed by atoms with Gasteiger partial charge in [-0.3, -0.25) is 0 Å². The van der Waals surface area contributed by atoms with E-state index in [9.17, 15) is 0 Å². The second-order valence-corrected chi connectivity index (χ2v) is 5.03. The second-order valence-electron chi connectivity index (χ2n) is 5.03. The molecule has 106 valence electrons. The van der Waals surface area contributed by atoms with Crippen LogP contribution >= 0.6 is 0 Å². The molecule has 1 aromatic heterocycles. The number of furan rings is 1. The summed E-state index contributed by atoms with van der Waals surface area (Å²) in [5, 5.41) is 3.46. The van der Waals surface area contributed by atoms with Gasteiger partial charge in [-0.25, -0.2) is 0 Å². The lowest BCUT2D eigenvalue weighted by Crippen LogP contribution is -2.19. The molecular formula is C16H19NO3. The maximum Gasteiger partial charge on any atom is 0.161 e. The van der Waals surface area contributed by atoms with Crippen LogP contribution in [0, 0.1) is 6.92 Å². The van der Waals surface area contributed by atoms with Gasteiger partial charge in [0.15, 0.2) is 11.5 Å². The minimum Gasteiger partial charge on any atom is -0.486 e. The van der Waals surface area contributed by atoms with Gasteiger partial charge >= 0.3 is 0 Å². The fraction of sp³-hybridized carbons (Fsp3) is 0.375. The van der Waals surface area contributed by atoms with Crippen molar-refractivity contribution in [3.63, 3.8) is 0 Å². The van der Waals surface area contributed by atoms with E-state index in [2.05, 4.69) is 25.2 Å². The van der Waals surface area contributed by atoms with Crippen molar-refractivity contribution in [3.05, 3.63) is 47.4 Å². The Morgan fingerprint density at radius 1 is 1.15 bits per heavy atom. The third-order valence-corrected chi connectivity index (χ3v) is 3.60. The highest BCUT2D eigenvalue weighted by atomic mass is 16.6. The Morgan fingerprint density at radius 3 is 2.70 bits per heavy atom. The third-order valence-electron chi connectivity index (χ3n) is 3.60. The topological polar surface area (TPSA) is 43.6 Å². The fourth-order valence-electron chi connectivity index (χ4n) is 2.28. The summed E-state index contributed by atoms with van der Waals surface area (Å²) in [6, 6.07) is 8.28. The summed E-state index contributed by atoms with van der Waals surface area (Å²) in [7, 11) is 0. The number of fused-ring (bicyclic) bond motifs is 1. The normalized spacial score (nSPS) is 15.1. The SMILES string of the molecule is Cc1ccoc1CNC(C)c1ccc2c(c1)OCCO2. The molecule has 4 nitrogen and oxygen atoms in total. The van der Waals surface area contributed by atoms with Crippen LogP contribution in [0.3, 0.4) is 0 Å². The third kappa shape index (κ3) is 2.65. The Morgan fingerprint density at radius 2 is 1.95 bits per heavy atom. The van der Waals surface area contributed by atoms with E-state index < -0.39 is 0 Å². The summed E-state index contributed by atoms with van der Waals surface area (Å²) in [5.74, 6) is 2.64. The monoisotopic (exact) mass is 273 g/mol. The van der Waals surface area contributed by atoms with Crippen molar-refractivity contribution in [1.29, 1.82) is 0 Å². The van der Waals surface area contributed by atoms with Crippen LogP contribution in [0.5, 0.6) is 11.5 Å². The van der Waals surface area contributed by atoms with Crippen molar-refractivity contribution >= 4 is 0 Å². The van der Waals surface area contributed by atoms with Crippen molar-refractivity contribution in [2.75, 3.05) is 13.2 Å². The van der Waals surface area contributed by atoms with E-state index >= 15 is 0 Å². The molecule has 0 amide bonds. The quantitative estimate of drug-likeness (QED) is 0.929. The lowest BCUT2D eigenvalue weighted by atomic mass is 10.1. The molecule has 0 aliphatic carbocycles. The highest BCUT2D eigenvalue weighted by Crippen LogP contribution is 2.32. The van der Waals surface area contributed by atoms with Gasteiger partial charge in [0, 0.05) is 6.04 Å². The van der Waals surface area contributed by atoms with Crippen LogP contribution in [-0.2, 0) is 6.54 Å². The van der Waals surface area contributed by atoms with Gasteiger partial charge in [-0.2, -0.15) is 0 Å². The lowest BCUT2D eigenvalue weighted by molar-refractivity contribution is 0.171. The Labute approximate surface area is 118 Å². The zero-order valence-electron chi connectivity index (χ0n) is 11.8. The smallest absolute Gasteiger partial charge is 0.161 e. The van der Waals surface area contributed by atoms with E-state index in [1.807, 2.05) is 18.2 Å². The van der Waals surface area contributed by atoms with Crippen molar-refractivity contribution in [2.24, 2.45) is 0 Å². The first-order chi connectivity index (χ1) is 9.74. The van der Waals surface area contributed by atoms with Crippen LogP contribution in [-0.4, -0.2) is 13.2 Å². The Hall–Kier alpha value is -1.94. The number of nitrogens with one attached hydrogen (secondary N) is 1. The molecule has 1 unspecified atom stereocenters. The summed E-state index contributed by atoms with van der Waals surface area (Å²) in [6.45, 7) is 6.13. The molecule has 20 heavy (non-hydrogen) atoms. The minimum atomic E-state index is 0.218. The number of hydrogen-bond donors (Lipinski definition) is 1. The number of ether oxygens (including phenoxy) is 2. The van der Waals surface area contributed by atoms with Gasteiger partial charge in [0.05, 0.1) is 12.8 Å². The molecule has 2 aromatic rings. The van der Waals surface area contributed by atoms with E-state index in [1.165, 1.54) is 11.1 Å². The van der Waals surface area contributed by atoms with Crippen molar-refractivity contribution in [1.82, 2.24) is 5.32 Å². The first kappa shape index (κ1) is 13.1. The van der Waals surface area contributed by atoms with Gasteiger partial charge in [0.1, 0.15) is 19.0 Å². The number of hydrogen-bond acceptors (Lipinski definition) is 4. The molecule has 0 bridgehead atoms. The summed E-state index contributed by atoms with van der Waals surface area (Å²) in [5.41, 5.74) is 2.35. The zero-order chi connectivity index (χ0) is 13.9. The Kier molecular flexibility index (Phi) is 3.65. The molecule has 0 saturated carbocycles.